The van der Waals surface area contributed by atoms with Gasteiger partial charge in [0.15, 0.2) is 0 Å². The van der Waals surface area contributed by atoms with Gasteiger partial charge in [-0.1, -0.05) is 12.8 Å². The van der Waals surface area contributed by atoms with Crippen molar-refractivity contribution >= 4 is 5.91 Å². The first-order valence-electron chi connectivity index (χ1n) is 6.44. The Hall–Kier alpha value is -0.820. The highest BCUT2D eigenvalue weighted by atomic mass is 19.4. The van der Waals surface area contributed by atoms with E-state index in [4.69, 9.17) is 0 Å². The quantitative estimate of drug-likeness (QED) is 0.776. The maximum atomic E-state index is 11.8. The van der Waals surface area contributed by atoms with Gasteiger partial charge in [0.1, 0.15) is 13.2 Å². The molecule has 1 aliphatic rings. The number of nitrogens with one attached hydrogen (secondary N) is 1. The molecular weight excluding hydrogens is 263 g/mol. The third-order valence-corrected chi connectivity index (χ3v) is 3.36. The van der Waals surface area contributed by atoms with Crippen LogP contribution < -0.4 is 5.32 Å². The Balaban J connectivity index is 2.18. The number of hydrogen-bond donors (Lipinski definition) is 2. The number of amides is 1. The van der Waals surface area contributed by atoms with Gasteiger partial charge in [-0.2, -0.15) is 13.2 Å². The van der Waals surface area contributed by atoms with Gasteiger partial charge in [0.2, 0.25) is 5.91 Å². The van der Waals surface area contributed by atoms with E-state index < -0.39 is 25.3 Å². The predicted octanol–water partition coefficient (Wildman–Crippen LogP) is 1.48. The lowest BCUT2D eigenvalue weighted by atomic mass is 9.79. The fraction of sp³-hybridized carbons (Fsp3) is 0.917. The van der Waals surface area contributed by atoms with Crippen LogP contribution in [0.3, 0.4) is 0 Å². The first-order chi connectivity index (χ1) is 8.92. The van der Waals surface area contributed by atoms with Gasteiger partial charge in [0.25, 0.3) is 0 Å². The monoisotopic (exact) mass is 283 g/mol. The Morgan fingerprint density at radius 2 is 1.89 bits per heavy atom. The molecule has 0 radical (unpaired) electrons. The van der Waals surface area contributed by atoms with E-state index in [0.717, 1.165) is 25.7 Å². The Kier molecular flexibility index (Phi) is 6.57. The average Bonchev–Trinajstić information content (AvgIpc) is 2.35. The molecule has 1 saturated carbocycles. The van der Waals surface area contributed by atoms with Gasteiger partial charge in [0, 0.05) is 13.2 Å². The number of aliphatic hydroxyl groups excluding tert-OH is 1. The molecule has 2 atom stereocenters. The lowest BCUT2D eigenvalue weighted by molar-refractivity contribution is -0.175. The zero-order valence-electron chi connectivity index (χ0n) is 10.7. The second-order valence-corrected chi connectivity index (χ2v) is 4.90. The third kappa shape index (κ3) is 6.77. The largest absolute Gasteiger partial charge is 0.411 e. The van der Waals surface area contributed by atoms with Crippen LogP contribution in [0.25, 0.3) is 0 Å². The van der Waals surface area contributed by atoms with E-state index in [9.17, 15) is 23.1 Å². The van der Waals surface area contributed by atoms with Crippen molar-refractivity contribution in [2.45, 2.75) is 31.9 Å². The van der Waals surface area contributed by atoms with Gasteiger partial charge in [-0.15, -0.1) is 0 Å². The van der Waals surface area contributed by atoms with Crippen molar-refractivity contribution < 1.29 is 27.8 Å². The van der Waals surface area contributed by atoms with Crippen LogP contribution in [-0.2, 0) is 9.53 Å². The fourth-order valence-electron chi connectivity index (χ4n) is 2.35. The first kappa shape index (κ1) is 16.2. The van der Waals surface area contributed by atoms with Gasteiger partial charge >= 0.3 is 6.18 Å². The number of halogens is 3. The minimum atomic E-state index is -4.41. The molecule has 0 aromatic carbocycles. The molecule has 0 saturated heterocycles. The zero-order chi connectivity index (χ0) is 14.3. The highest BCUT2D eigenvalue weighted by Gasteiger charge is 2.28. The Morgan fingerprint density at radius 1 is 1.26 bits per heavy atom. The van der Waals surface area contributed by atoms with Crippen molar-refractivity contribution in [1.29, 1.82) is 0 Å². The van der Waals surface area contributed by atoms with Gasteiger partial charge in [-0.3, -0.25) is 4.79 Å². The second-order valence-electron chi connectivity index (χ2n) is 4.90. The number of hydrogen-bond acceptors (Lipinski definition) is 3. The average molecular weight is 283 g/mol. The molecule has 112 valence electrons. The second kappa shape index (κ2) is 7.69. The van der Waals surface area contributed by atoms with Crippen LogP contribution >= 0.6 is 0 Å². The maximum absolute atomic E-state index is 11.8. The molecule has 0 spiro atoms. The van der Waals surface area contributed by atoms with Crippen molar-refractivity contribution in [3.8, 4) is 0 Å². The molecular formula is C12H20F3NO3. The molecule has 1 rings (SSSR count). The van der Waals surface area contributed by atoms with E-state index in [2.05, 4.69) is 10.1 Å². The van der Waals surface area contributed by atoms with Crippen molar-refractivity contribution in [3.05, 3.63) is 0 Å². The van der Waals surface area contributed by atoms with Gasteiger partial charge in [0.05, 0.1) is 0 Å². The summed E-state index contributed by atoms with van der Waals surface area (Å²) in [5.74, 6) is -0.179. The molecule has 19 heavy (non-hydrogen) atoms. The number of alkyl halides is 3. The molecule has 4 nitrogen and oxygen atoms in total. The molecule has 0 heterocycles. The van der Waals surface area contributed by atoms with E-state index in [1.54, 1.807) is 0 Å². The highest BCUT2D eigenvalue weighted by Crippen LogP contribution is 2.28. The van der Waals surface area contributed by atoms with E-state index in [1.165, 1.54) is 0 Å². The molecule has 0 aromatic heterocycles. The van der Waals surface area contributed by atoms with Crippen LogP contribution in [0.15, 0.2) is 0 Å². The minimum absolute atomic E-state index is 0.0884. The Labute approximate surface area is 110 Å². The summed E-state index contributed by atoms with van der Waals surface area (Å²) >= 11 is 0. The van der Waals surface area contributed by atoms with Crippen LogP contribution in [0, 0.1) is 11.8 Å². The molecule has 2 unspecified atom stereocenters. The van der Waals surface area contributed by atoms with E-state index in [-0.39, 0.29) is 18.4 Å². The maximum Gasteiger partial charge on any atom is 0.411 e. The Morgan fingerprint density at radius 3 is 2.47 bits per heavy atom. The van der Waals surface area contributed by atoms with Gasteiger partial charge in [-0.25, -0.2) is 0 Å². The number of carbonyl (C=O) groups is 1. The van der Waals surface area contributed by atoms with Crippen LogP contribution in [-0.4, -0.2) is 43.6 Å². The summed E-state index contributed by atoms with van der Waals surface area (Å²) in [6.07, 6.45) is -0.422. The molecule has 0 aromatic rings. The van der Waals surface area contributed by atoms with E-state index in [0.29, 0.717) is 6.54 Å². The third-order valence-electron chi connectivity index (χ3n) is 3.36. The van der Waals surface area contributed by atoms with E-state index in [1.807, 2.05) is 0 Å². The summed E-state index contributed by atoms with van der Waals surface area (Å²) in [6, 6.07) is 0. The smallest absolute Gasteiger partial charge is 0.396 e. The SMILES string of the molecule is O=C(COCC(F)(F)F)NCC1CCCCC1CO. The molecule has 1 aliphatic carbocycles. The zero-order valence-corrected chi connectivity index (χ0v) is 10.7. The van der Waals surface area contributed by atoms with Gasteiger partial charge < -0.3 is 15.2 Å². The van der Waals surface area contributed by atoms with Crippen molar-refractivity contribution in [2.75, 3.05) is 26.4 Å². The van der Waals surface area contributed by atoms with Crippen molar-refractivity contribution in [3.63, 3.8) is 0 Å². The molecule has 1 amide bonds. The number of aliphatic hydroxyl groups is 1. The standard InChI is InChI=1S/C12H20F3NO3/c13-12(14,15)8-19-7-11(18)16-5-9-3-1-2-4-10(9)6-17/h9-10,17H,1-8H2,(H,16,18). The summed E-state index contributed by atoms with van der Waals surface area (Å²) in [5.41, 5.74) is 0. The molecule has 1 fully saturated rings. The van der Waals surface area contributed by atoms with E-state index >= 15 is 0 Å². The van der Waals surface area contributed by atoms with Crippen LogP contribution in [0.1, 0.15) is 25.7 Å². The van der Waals surface area contributed by atoms with Crippen LogP contribution in [0.5, 0.6) is 0 Å². The molecule has 2 N–H and O–H groups in total. The van der Waals surface area contributed by atoms with Crippen molar-refractivity contribution in [2.24, 2.45) is 11.8 Å². The summed E-state index contributed by atoms with van der Waals surface area (Å²) in [7, 11) is 0. The number of ether oxygens (including phenoxy) is 1. The van der Waals surface area contributed by atoms with Crippen molar-refractivity contribution in [1.82, 2.24) is 5.32 Å². The molecule has 7 heteroatoms. The first-order valence-corrected chi connectivity index (χ1v) is 6.44. The van der Waals surface area contributed by atoms with Crippen LogP contribution in [0.2, 0.25) is 0 Å². The lowest BCUT2D eigenvalue weighted by Gasteiger charge is -2.30. The molecule has 0 aliphatic heterocycles. The molecule has 0 bridgehead atoms. The summed E-state index contributed by atoms with van der Waals surface area (Å²) in [5, 5.41) is 11.8. The number of rotatable bonds is 6. The number of carbonyl (C=O) groups excluding carboxylic acids is 1. The topological polar surface area (TPSA) is 58.6 Å². The predicted molar refractivity (Wildman–Crippen MR) is 62.4 cm³/mol. The summed E-state index contributed by atoms with van der Waals surface area (Å²) in [4.78, 5) is 11.3. The fourth-order valence-corrected chi connectivity index (χ4v) is 2.35. The minimum Gasteiger partial charge on any atom is -0.396 e. The summed E-state index contributed by atoms with van der Waals surface area (Å²) in [6.45, 7) is -1.52. The normalized spacial score (nSPS) is 24.2. The van der Waals surface area contributed by atoms with Gasteiger partial charge in [-0.05, 0) is 24.7 Å². The summed E-state index contributed by atoms with van der Waals surface area (Å²) < 4.78 is 39.7. The Bertz CT molecular complexity index is 284. The lowest BCUT2D eigenvalue weighted by Crippen LogP contribution is -2.37. The highest BCUT2D eigenvalue weighted by molar-refractivity contribution is 5.77. The van der Waals surface area contributed by atoms with Crippen LogP contribution in [0.4, 0.5) is 13.2 Å².